The third-order valence-corrected chi connectivity index (χ3v) is 4.92. The predicted molar refractivity (Wildman–Crippen MR) is 85.3 cm³/mol. The summed E-state index contributed by atoms with van der Waals surface area (Å²) < 4.78 is 6.69. The quantitative estimate of drug-likeness (QED) is 0.860. The van der Waals surface area contributed by atoms with Gasteiger partial charge >= 0.3 is 0 Å². The number of carbonyl (C=O) groups is 1. The summed E-state index contributed by atoms with van der Waals surface area (Å²) in [4.78, 5) is 12.6. The van der Waals surface area contributed by atoms with Gasteiger partial charge in [-0.15, -0.1) is 0 Å². The Balaban J connectivity index is 1.74. The number of fused-ring (bicyclic) bond motifs is 1. The molecule has 1 aromatic carbocycles. The van der Waals surface area contributed by atoms with Crippen molar-refractivity contribution in [3.63, 3.8) is 0 Å². The summed E-state index contributed by atoms with van der Waals surface area (Å²) in [6.07, 6.45) is 2.86. The summed E-state index contributed by atoms with van der Waals surface area (Å²) >= 11 is 3.49. The van der Waals surface area contributed by atoms with Crippen molar-refractivity contribution in [2.24, 2.45) is 5.92 Å². The van der Waals surface area contributed by atoms with Crippen LogP contribution < -0.4 is 15.4 Å². The van der Waals surface area contributed by atoms with Crippen LogP contribution in [0.5, 0.6) is 5.75 Å². The molecule has 1 saturated heterocycles. The van der Waals surface area contributed by atoms with Crippen LogP contribution >= 0.6 is 15.9 Å². The molecule has 2 aliphatic rings. The van der Waals surface area contributed by atoms with Crippen LogP contribution in [0.15, 0.2) is 22.7 Å². The molecule has 0 aliphatic carbocycles. The van der Waals surface area contributed by atoms with Crippen LogP contribution in [-0.4, -0.2) is 25.1 Å². The molecule has 21 heavy (non-hydrogen) atoms. The molecule has 0 aromatic heterocycles. The highest BCUT2D eigenvalue weighted by molar-refractivity contribution is 9.10. The van der Waals surface area contributed by atoms with E-state index in [0.717, 1.165) is 41.6 Å². The van der Waals surface area contributed by atoms with Crippen molar-refractivity contribution in [3.05, 3.63) is 28.2 Å². The lowest BCUT2D eigenvalue weighted by Gasteiger charge is -2.32. The Kier molecular flexibility index (Phi) is 4.50. The zero-order valence-corrected chi connectivity index (χ0v) is 13.8. The molecule has 114 valence electrons. The number of halogens is 1. The van der Waals surface area contributed by atoms with E-state index < -0.39 is 0 Å². The van der Waals surface area contributed by atoms with E-state index in [2.05, 4.69) is 33.5 Å². The molecule has 0 spiro atoms. The Labute approximate surface area is 133 Å². The number of ether oxygens (including phenoxy) is 1. The molecule has 2 aliphatic heterocycles. The Bertz CT molecular complexity index is 535. The predicted octanol–water partition coefficient (Wildman–Crippen LogP) is 2.78. The van der Waals surface area contributed by atoms with Crippen molar-refractivity contribution in [1.82, 2.24) is 10.6 Å². The average molecular weight is 353 g/mol. The summed E-state index contributed by atoms with van der Waals surface area (Å²) in [6, 6.07) is 6.27. The fourth-order valence-electron chi connectivity index (χ4n) is 3.20. The highest BCUT2D eigenvalue weighted by Crippen LogP contribution is 2.34. The van der Waals surface area contributed by atoms with Crippen LogP contribution in [0.25, 0.3) is 0 Å². The van der Waals surface area contributed by atoms with E-state index in [1.165, 1.54) is 0 Å². The standard InChI is InChI=1S/C16H21BrN2O2/c1-10-12(3-2-7-18-10)16(20)19-14-6-8-21-15-5-4-11(17)9-13(14)15/h4-5,9-10,12,14,18H,2-3,6-8H2,1H3,(H,19,20). The van der Waals surface area contributed by atoms with Crippen molar-refractivity contribution < 1.29 is 9.53 Å². The molecule has 2 heterocycles. The maximum atomic E-state index is 12.6. The smallest absolute Gasteiger partial charge is 0.225 e. The second kappa shape index (κ2) is 6.36. The molecule has 3 unspecified atom stereocenters. The van der Waals surface area contributed by atoms with E-state index in [9.17, 15) is 4.79 Å². The van der Waals surface area contributed by atoms with Gasteiger partial charge in [-0.2, -0.15) is 0 Å². The highest BCUT2D eigenvalue weighted by Gasteiger charge is 2.30. The van der Waals surface area contributed by atoms with Gasteiger partial charge in [0.1, 0.15) is 5.75 Å². The van der Waals surface area contributed by atoms with Crippen LogP contribution in [0.4, 0.5) is 0 Å². The fourth-order valence-corrected chi connectivity index (χ4v) is 3.57. The fraction of sp³-hybridized carbons (Fsp3) is 0.562. The van der Waals surface area contributed by atoms with E-state index in [1.54, 1.807) is 0 Å². The Morgan fingerprint density at radius 3 is 3.10 bits per heavy atom. The molecule has 0 radical (unpaired) electrons. The van der Waals surface area contributed by atoms with Crippen molar-refractivity contribution >= 4 is 21.8 Å². The zero-order valence-electron chi connectivity index (χ0n) is 12.2. The number of hydrogen-bond donors (Lipinski definition) is 2. The van der Waals surface area contributed by atoms with E-state index >= 15 is 0 Å². The number of amides is 1. The molecule has 5 heteroatoms. The minimum atomic E-state index is 0.0490. The maximum Gasteiger partial charge on any atom is 0.225 e. The molecule has 1 amide bonds. The minimum Gasteiger partial charge on any atom is -0.493 e. The van der Waals surface area contributed by atoms with Gasteiger partial charge in [0.25, 0.3) is 0 Å². The Morgan fingerprint density at radius 1 is 1.43 bits per heavy atom. The maximum absolute atomic E-state index is 12.6. The largest absolute Gasteiger partial charge is 0.493 e. The van der Waals surface area contributed by atoms with E-state index in [1.807, 2.05) is 18.2 Å². The van der Waals surface area contributed by atoms with Crippen molar-refractivity contribution in [1.29, 1.82) is 0 Å². The number of hydrogen-bond acceptors (Lipinski definition) is 3. The first kappa shape index (κ1) is 14.9. The van der Waals surface area contributed by atoms with Crippen molar-refractivity contribution in [3.8, 4) is 5.75 Å². The van der Waals surface area contributed by atoms with E-state index in [0.29, 0.717) is 6.61 Å². The monoisotopic (exact) mass is 352 g/mol. The van der Waals surface area contributed by atoms with Crippen molar-refractivity contribution in [2.45, 2.75) is 38.3 Å². The summed E-state index contributed by atoms with van der Waals surface area (Å²) in [5.41, 5.74) is 1.07. The lowest BCUT2D eigenvalue weighted by Crippen LogP contribution is -2.47. The van der Waals surface area contributed by atoms with Gasteiger partial charge in [0.15, 0.2) is 0 Å². The summed E-state index contributed by atoms with van der Waals surface area (Å²) in [7, 11) is 0. The molecule has 0 saturated carbocycles. The van der Waals surface area contributed by atoms with Gasteiger partial charge < -0.3 is 15.4 Å². The van der Waals surface area contributed by atoms with Gasteiger partial charge in [-0.3, -0.25) is 4.79 Å². The number of carbonyl (C=O) groups excluding carboxylic acids is 1. The molecule has 1 aromatic rings. The van der Waals surface area contributed by atoms with Crippen LogP contribution in [0.1, 0.15) is 37.8 Å². The minimum absolute atomic E-state index is 0.0490. The number of piperidine rings is 1. The molecule has 3 atom stereocenters. The second-order valence-corrected chi connectivity index (χ2v) is 6.79. The first-order valence-corrected chi connectivity index (χ1v) is 8.40. The molecular formula is C16H21BrN2O2. The van der Waals surface area contributed by atoms with Crippen LogP contribution in [0.3, 0.4) is 0 Å². The zero-order chi connectivity index (χ0) is 14.8. The third kappa shape index (κ3) is 3.24. The molecule has 0 bridgehead atoms. The van der Waals surface area contributed by atoms with Gasteiger partial charge in [0.2, 0.25) is 5.91 Å². The molecule has 2 N–H and O–H groups in total. The van der Waals surface area contributed by atoms with Gasteiger partial charge in [-0.05, 0) is 44.5 Å². The summed E-state index contributed by atoms with van der Waals surface area (Å²) in [5.74, 6) is 1.11. The Hall–Kier alpha value is -1.07. The molecule has 4 nitrogen and oxygen atoms in total. The van der Waals surface area contributed by atoms with E-state index in [4.69, 9.17) is 4.74 Å². The number of rotatable bonds is 2. The second-order valence-electron chi connectivity index (χ2n) is 5.87. The Morgan fingerprint density at radius 2 is 2.29 bits per heavy atom. The van der Waals surface area contributed by atoms with Gasteiger partial charge in [-0.1, -0.05) is 15.9 Å². The lowest BCUT2D eigenvalue weighted by atomic mass is 9.90. The summed E-state index contributed by atoms with van der Waals surface area (Å²) in [5, 5.41) is 6.61. The summed E-state index contributed by atoms with van der Waals surface area (Å²) in [6.45, 7) is 3.76. The molecule has 1 fully saturated rings. The van der Waals surface area contributed by atoms with Gasteiger partial charge in [-0.25, -0.2) is 0 Å². The molecular weight excluding hydrogens is 332 g/mol. The van der Waals surface area contributed by atoms with Crippen LogP contribution in [0.2, 0.25) is 0 Å². The van der Waals surface area contributed by atoms with E-state index in [-0.39, 0.29) is 23.9 Å². The van der Waals surface area contributed by atoms with Crippen LogP contribution in [-0.2, 0) is 4.79 Å². The highest BCUT2D eigenvalue weighted by atomic mass is 79.9. The SMILES string of the molecule is CC1NCCCC1C(=O)NC1CCOc2ccc(Br)cc21. The molecule has 3 rings (SSSR count). The normalized spacial score (nSPS) is 28.4. The number of nitrogens with one attached hydrogen (secondary N) is 2. The average Bonchev–Trinajstić information content (AvgIpc) is 2.48. The number of benzene rings is 1. The van der Waals surface area contributed by atoms with Gasteiger partial charge in [0.05, 0.1) is 18.6 Å². The third-order valence-electron chi connectivity index (χ3n) is 4.43. The van der Waals surface area contributed by atoms with Crippen molar-refractivity contribution in [2.75, 3.05) is 13.2 Å². The first-order chi connectivity index (χ1) is 10.1. The van der Waals surface area contributed by atoms with Crippen LogP contribution in [0, 0.1) is 5.92 Å². The first-order valence-electron chi connectivity index (χ1n) is 7.61. The topological polar surface area (TPSA) is 50.4 Å². The van der Waals surface area contributed by atoms with Gasteiger partial charge in [0, 0.05) is 22.5 Å². The lowest BCUT2D eigenvalue weighted by molar-refractivity contribution is -0.127.